The number of likely N-dealkylation sites (tertiary alicyclic amines) is 1. The van der Waals surface area contributed by atoms with E-state index in [0.29, 0.717) is 19.4 Å². The molecule has 2 atom stereocenters. The first-order valence-corrected chi connectivity index (χ1v) is 8.02. The molecule has 0 aromatic carbocycles. The third-order valence-electron chi connectivity index (χ3n) is 3.67. The van der Waals surface area contributed by atoms with Crippen molar-refractivity contribution in [3.8, 4) is 0 Å². The third kappa shape index (κ3) is 6.08. The molecule has 1 aliphatic rings. The maximum absolute atomic E-state index is 12.3. The molecule has 1 rings (SSSR count). The second-order valence-electron chi connectivity index (χ2n) is 7.33. The van der Waals surface area contributed by atoms with E-state index in [-0.39, 0.29) is 18.4 Å². The maximum Gasteiger partial charge on any atom is 0.410 e. The highest BCUT2D eigenvalue weighted by atomic mass is 16.6. The van der Waals surface area contributed by atoms with Gasteiger partial charge >= 0.3 is 12.1 Å². The van der Waals surface area contributed by atoms with Gasteiger partial charge in [-0.1, -0.05) is 13.8 Å². The van der Waals surface area contributed by atoms with E-state index in [0.717, 1.165) is 0 Å². The molecule has 0 aliphatic carbocycles. The summed E-state index contributed by atoms with van der Waals surface area (Å²) in [4.78, 5) is 37.1. The lowest BCUT2D eigenvalue weighted by Gasteiger charge is -2.34. The molecule has 1 aliphatic heterocycles. The second-order valence-corrected chi connectivity index (χ2v) is 7.33. The zero-order valence-corrected chi connectivity index (χ0v) is 14.6. The first-order valence-electron chi connectivity index (χ1n) is 8.02. The maximum atomic E-state index is 12.3. The summed E-state index contributed by atoms with van der Waals surface area (Å²) in [5.41, 5.74) is -0.585. The molecule has 1 fully saturated rings. The number of ether oxygens (including phenoxy) is 1. The topological polar surface area (TPSA) is 95.9 Å². The molecule has 7 nitrogen and oxygen atoms in total. The molecule has 0 bridgehead atoms. The first-order chi connectivity index (χ1) is 10.5. The van der Waals surface area contributed by atoms with Crippen LogP contribution in [0, 0.1) is 11.8 Å². The molecule has 7 heteroatoms. The Morgan fingerprint density at radius 2 is 1.87 bits per heavy atom. The van der Waals surface area contributed by atoms with Crippen LogP contribution >= 0.6 is 0 Å². The average molecular weight is 328 g/mol. The van der Waals surface area contributed by atoms with Gasteiger partial charge in [0.25, 0.3) is 0 Å². The summed E-state index contributed by atoms with van der Waals surface area (Å²) in [7, 11) is 0. The zero-order chi connectivity index (χ0) is 17.8. The number of hydrogen-bond acceptors (Lipinski definition) is 4. The van der Waals surface area contributed by atoms with E-state index in [9.17, 15) is 14.4 Å². The van der Waals surface area contributed by atoms with Crippen LogP contribution in [0.5, 0.6) is 0 Å². The molecule has 0 aromatic rings. The van der Waals surface area contributed by atoms with Gasteiger partial charge < -0.3 is 20.1 Å². The molecule has 132 valence electrons. The number of amides is 2. The Balaban J connectivity index is 2.65. The lowest BCUT2D eigenvalue weighted by Crippen LogP contribution is -2.51. The van der Waals surface area contributed by atoms with E-state index in [1.165, 1.54) is 4.90 Å². The van der Waals surface area contributed by atoms with Crippen LogP contribution in [0.2, 0.25) is 0 Å². The molecular formula is C16H28N2O5. The molecule has 0 saturated carbocycles. The Morgan fingerprint density at radius 1 is 1.26 bits per heavy atom. The van der Waals surface area contributed by atoms with Crippen molar-refractivity contribution in [1.82, 2.24) is 10.2 Å². The van der Waals surface area contributed by atoms with Crippen molar-refractivity contribution in [3.05, 3.63) is 0 Å². The quantitative estimate of drug-likeness (QED) is 0.821. The van der Waals surface area contributed by atoms with Gasteiger partial charge in [0.15, 0.2) is 0 Å². The van der Waals surface area contributed by atoms with Crippen LogP contribution in [0.15, 0.2) is 0 Å². The highest BCUT2D eigenvalue weighted by molar-refractivity contribution is 5.85. The molecule has 1 saturated heterocycles. The number of nitrogens with zero attached hydrogens (tertiary/aromatic N) is 1. The summed E-state index contributed by atoms with van der Waals surface area (Å²) >= 11 is 0. The highest BCUT2D eigenvalue weighted by Gasteiger charge is 2.33. The van der Waals surface area contributed by atoms with Gasteiger partial charge in [0.1, 0.15) is 11.6 Å². The standard InChI is InChI=1S/C16H28N2O5/c1-10(2)12(14(20)21)17-13(19)11-7-6-8-18(9-11)15(22)23-16(3,4)5/h10-12H,6-9H2,1-5H3,(H,17,19)(H,20,21)/t11?,12-/m1/s1. The summed E-state index contributed by atoms with van der Waals surface area (Å²) in [5, 5.41) is 11.7. The van der Waals surface area contributed by atoms with Gasteiger partial charge in [-0.05, 0) is 39.5 Å². The van der Waals surface area contributed by atoms with Crippen LogP contribution in [0.1, 0.15) is 47.5 Å². The summed E-state index contributed by atoms with van der Waals surface area (Å²) in [6.07, 6.45) is 0.889. The van der Waals surface area contributed by atoms with E-state index < -0.39 is 29.6 Å². The lowest BCUT2D eigenvalue weighted by molar-refractivity contribution is -0.144. The molecule has 2 amide bonds. The van der Waals surface area contributed by atoms with Crippen molar-refractivity contribution in [1.29, 1.82) is 0 Å². The molecule has 0 radical (unpaired) electrons. The number of carboxylic acid groups (broad SMARTS) is 1. The van der Waals surface area contributed by atoms with Crippen molar-refractivity contribution in [2.75, 3.05) is 13.1 Å². The van der Waals surface area contributed by atoms with E-state index in [2.05, 4.69) is 5.32 Å². The number of nitrogens with one attached hydrogen (secondary N) is 1. The summed E-state index contributed by atoms with van der Waals surface area (Å²) in [5.74, 6) is -1.98. The molecule has 1 unspecified atom stereocenters. The predicted octanol–water partition coefficient (Wildman–Crippen LogP) is 1.86. The van der Waals surface area contributed by atoms with Gasteiger partial charge in [0, 0.05) is 13.1 Å². The van der Waals surface area contributed by atoms with Gasteiger partial charge in [-0.2, -0.15) is 0 Å². The lowest BCUT2D eigenvalue weighted by atomic mass is 9.96. The summed E-state index contributed by atoms with van der Waals surface area (Å²) in [6, 6.07) is -0.917. The van der Waals surface area contributed by atoms with Crippen LogP contribution in [0.3, 0.4) is 0 Å². The van der Waals surface area contributed by atoms with Gasteiger partial charge in [-0.25, -0.2) is 9.59 Å². The predicted molar refractivity (Wildman–Crippen MR) is 84.9 cm³/mol. The van der Waals surface area contributed by atoms with Crippen LogP contribution in [-0.2, 0) is 14.3 Å². The van der Waals surface area contributed by atoms with Gasteiger partial charge in [-0.3, -0.25) is 4.79 Å². The Bertz CT molecular complexity index is 456. The monoisotopic (exact) mass is 328 g/mol. The van der Waals surface area contributed by atoms with Gasteiger partial charge in [-0.15, -0.1) is 0 Å². The number of piperidine rings is 1. The average Bonchev–Trinajstić information content (AvgIpc) is 2.42. The van der Waals surface area contributed by atoms with Crippen molar-refractivity contribution in [2.24, 2.45) is 11.8 Å². The minimum absolute atomic E-state index is 0.206. The smallest absolute Gasteiger partial charge is 0.410 e. The van der Waals surface area contributed by atoms with Crippen molar-refractivity contribution in [2.45, 2.75) is 59.1 Å². The Hall–Kier alpha value is -1.79. The molecule has 0 aromatic heterocycles. The third-order valence-corrected chi connectivity index (χ3v) is 3.67. The first kappa shape index (κ1) is 19.3. The van der Waals surface area contributed by atoms with Crippen LogP contribution < -0.4 is 5.32 Å². The SMILES string of the molecule is CC(C)[C@@H](NC(=O)C1CCCN(C(=O)OC(C)(C)C)C1)C(=O)O. The number of carbonyl (C=O) groups is 3. The number of rotatable bonds is 4. The van der Waals surface area contributed by atoms with Crippen LogP contribution in [0.25, 0.3) is 0 Å². The van der Waals surface area contributed by atoms with Crippen LogP contribution in [-0.4, -0.2) is 52.7 Å². The van der Waals surface area contributed by atoms with Crippen molar-refractivity contribution >= 4 is 18.0 Å². The largest absolute Gasteiger partial charge is 0.480 e. The molecule has 23 heavy (non-hydrogen) atoms. The fourth-order valence-electron chi connectivity index (χ4n) is 2.47. The Labute approximate surface area is 137 Å². The zero-order valence-electron chi connectivity index (χ0n) is 14.6. The van der Waals surface area contributed by atoms with E-state index in [1.807, 2.05) is 0 Å². The van der Waals surface area contributed by atoms with Gasteiger partial charge in [0.2, 0.25) is 5.91 Å². The Morgan fingerprint density at radius 3 is 2.35 bits per heavy atom. The molecule has 2 N–H and O–H groups in total. The minimum atomic E-state index is -1.05. The second kappa shape index (κ2) is 7.66. The molecule has 1 heterocycles. The minimum Gasteiger partial charge on any atom is -0.480 e. The Kier molecular flexibility index (Phi) is 6.41. The van der Waals surface area contributed by atoms with Crippen molar-refractivity contribution < 1.29 is 24.2 Å². The normalized spacial score (nSPS) is 20.1. The summed E-state index contributed by atoms with van der Waals surface area (Å²) in [6.45, 7) is 9.66. The van der Waals surface area contributed by atoms with Crippen molar-refractivity contribution in [3.63, 3.8) is 0 Å². The fraction of sp³-hybridized carbons (Fsp3) is 0.812. The van der Waals surface area contributed by atoms with E-state index in [4.69, 9.17) is 9.84 Å². The molecule has 0 spiro atoms. The van der Waals surface area contributed by atoms with E-state index >= 15 is 0 Å². The molecular weight excluding hydrogens is 300 g/mol. The fourth-order valence-corrected chi connectivity index (χ4v) is 2.47. The highest BCUT2D eigenvalue weighted by Crippen LogP contribution is 2.20. The number of hydrogen-bond donors (Lipinski definition) is 2. The van der Waals surface area contributed by atoms with Gasteiger partial charge in [0.05, 0.1) is 5.92 Å². The number of carboxylic acids is 1. The van der Waals surface area contributed by atoms with Crippen LogP contribution in [0.4, 0.5) is 4.79 Å². The number of carbonyl (C=O) groups excluding carboxylic acids is 2. The number of aliphatic carboxylic acids is 1. The summed E-state index contributed by atoms with van der Waals surface area (Å²) < 4.78 is 5.32. The van der Waals surface area contributed by atoms with E-state index in [1.54, 1.807) is 34.6 Å².